The third kappa shape index (κ3) is 3.99. The van der Waals surface area contributed by atoms with E-state index >= 15 is 0 Å². The Bertz CT molecular complexity index is 1340. The standard InChI is InChI=1S/C25H22N4OS/c1-17-7-9-18(10-8-17)15-29-22-6-4-3-5-21(22)23-24(29)26-25(28-27-23)31-16-19-11-13-20(30-2)14-12-19/h3-14H,15-16H2,1-2H3. The van der Waals surface area contributed by atoms with Crippen LogP contribution in [0.1, 0.15) is 16.7 Å². The van der Waals surface area contributed by atoms with E-state index in [2.05, 4.69) is 76.3 Å². The molecule has 31 heavy (non-hydrogen) atoms. The zero-order valence-corrected chi connectivity index (χ0v) is 18.3. The van der Waals surface area contributed by atoms with Gasteiger partial charge in [-0.1, -0.05) is 71.9 Å². The van der Waals surface area contributed by atoms with Gasteiger partial charge in [-0.25, -0.2) is 4.98 Å². The molecule has 0 aliphatic carbocycles. The molecule has 0 unspecified atom stereocenters. The normalized spacial score (nSPS) is 11.3. The third-order valence-electron chi connectivity index (χ3n) is 5.34. The quantitative estimate of drug-likeness (QED) is 0.329. The van der Waals surface area contributed by atoms with Crippen molar-refractivity contribution in [1.82, 2.24) is 19.7 Å². The Balaban J connectivity index is 1.50. The van der Waals surface area contributed by atoms with Crippen LogP contribution in [0.2, 0.25) is 0 Å². The van der Waals surface area contributed by atoms with E-state index in [0.717, 1.165) is 40.1 Å². The molecular weight excluding hydrogens is 404 g/mol. The molecule has 0 bridgehead atoms. The van der Waals surface area contributed by atoms with E-state index in [4.69, 9.17) is 9.72 Å². The van der Waals surface area contributed by atoms with Crippen LogP contribution in [0.25, 0.3) is 22.1 Å². The lowest BCUT2D eigenvalue weighted by Crippen LogP contribution is -2.02. The molecule has 2 aromatic heterocycles. The Kier molecular flexibility index (Phi) is 5.30. The number of thioether (sulfide) groups is 1. The van der Waals surface area contributed by atoms with Gasteiger partial charge >= 0.3 is 0 Å². The van der Waals surface area contributed by atoms with Crippen molar-refractivity contribution in [3.63, 3.8) is 0 Å². The van der Waals surface area contributed by atoms with Gasteiger partial charge in [-0.2, -0.15) is 0 Å². The molecule has 5 nitrogen and oxygen atoms in total. The minimum Gasteiger partial charge on any atom is -0.497 e. The molecule has 0 N–H and O–H groups in total. The van der Waals surface area contributed by atoms with Crippen LogP contribution in [0, 0.1) is 6.92 Å². The van der Waals surface area contributed by atoms with Gasteiger partial charge in [0.1, 0.15) is 11.3 Å². The summed E-state index contributed by atoms with van der Waals surface area (Å²) in [6.07, 6.45) is 0. The summed E-state index contributed by atoms with van der Waals surface area (Å²) in [5.74, 6) is 1.63. The van der Waals surface area contributed by atoms with Crippen LogP contribution in [-0.2, 0) is 12.3 Å². The van der Waals surface area contributed by atoms with Crippen LogP contribution < -0.4 is 4.74 Å². The van der Waals surface area contributed by atoms with Gasteiger partial charge in [0.2, 0.25) is 5.16 Å². The van der Waals surface area contributed by atoms with Crippen molar-refractivity contribution in [2.24, 2.45) is 0 Å². The topological polar surface area (TPSA) is 52.8 Å². The van der Waals surface area contributed by atoms with Crippen LogP contribution in [0.5, 0.6) is 5.75 Å². The number of aryl methyl sites for hydroxylation is 1. The molecular formula is C25H22N4OS. The second-order valence-electron chi connectivity index (χ2n) is 7.49. The van der Waals surface area contributed by atoms with Crippen molar-refractivity contribution in [2.75, 3.05) is 7.11 Å². The fraction of sp³-hybridized carbons (Fsp3) is 0.160. The molecule has 0 amide bonds. The number of rotatable bonds is 6. The lowest BCUT2D eigenvalue weighted by atomic mass is 10.1. The number of fused-ring (bicyclic) bond motifs is 3. The number of nitrogens with zero attached hydrogens (tertiary/aromatic N) is 4. The van der Waals surface area contributed by atoms with Crippen molar-refractivity contribution < 1.29 is 4.74 Å². The van der Waals surface area contributed by atoms with Crippen molar-refractivity contribution in [1.29, 1.82) is 0 Å². The Morgan fingerprint density at radius 3 is 2.39 bits per heavy atom. The Labute approximate surface area is 185 Å². The van der Waals surface area contributed by atoms with Crippen molar-refractivity contribution >= 4 is 33.8 Å². The maximum atomic E-state index is 5.23. The van der Waals surface area contributed by atoms with E-state index in [9.17, 15) is 0 Å². The van der Waals surface area contributed by atoms with E-state index in [1.54, 1.807) is 18.9 Å². The molecule has 5 aromatic rings. The largest absolute Gasteiger partial charge is 0.497 e. The van der Waals surface area contributed by atoms with E-state index < -0.39 is 0 Å². The Morgan fingerprint density at radius 1 is 0.871 bits per heavy atom. The van der Waals surface area contributed by atoms with Gasteiger partial charge in [-0.05, 0) is 36.2 Å². The van der Waals surface area contributed by atoms with E-state index in [1.165, 1.54) is 16.7 Å². The van der Waals surface area contributed by atoms with Gasteiger partial charge in [-0.3, -0.25) is 0 Å². The van der Waals surface area contributed by atoms with E-state index in [1.807, 2.05) is 18.2 Å². The highest BCUT2D eigenvalue weighted by atomic mass is 32.2. The molecule has 0 fully saturated rings. The summed E-state index contributed by atoms with van der Waals surface area (Å²) in [5, 5.41) is 10.7. The van der Waals surface area contributed by atoms with Gasteiger partial charge in [0, 0.05) is 17.7 Å². The minimum absolute atomic E-state index is 0.677. The van der Waals surface area contributed by atoms with Crippen LogP contribution in [0.4, 0.5) is 0 Å². The predicted octanol–water partition coefficient (Wildman–Crippen LogP) is 5.64. The second kappa shape index (κ2) is 8.40. The number of benzene rings is 3. The van der Waals surface area contributed by atoms with Gasteiger partial charge in [0.15, 0.2) is 5.65 Å². The summed E-state index contributed by atoms with van der Waals surface area (Å²) >= 11 is 1.59. The average Bonchev–Trinajstić information content (AvgIpc) is 3.12. The van der Waals surface area contributed by atoms with Crippen molar-refractivity contribution in [3.8, 4) is 5.75 Å². The minimum atomic E-state index is 0.677. The van der Waals surface area contributed by atoms with Crippen LogP contribution in [0.3, 0.4) is 0 Å². The average molecular weight is 427 g/mol. The number of hydrogen-bond acceptors (Lipinski definition) is 5. The van der Waals surface area contributed by atoms with Crippen LogP contribution in [-0.4, -0.2) is 26.9 Å². The van der Waals surface area contributed by atoms with Crippen molar-refractivity contribution in [3.05, 3.63) is 89.5 Å². The number of para-hydroxylation sites is 1. The number of ether oxygens (including phenoxy) is 1. The molecule has 0 aliphatic rings. The predicted molar refractivity (Wildman–Crippen MR) is 126 cm³/mol. The summed E-state index contributed by atoms with van der Waals surface area (Å²) in [4.78, 5) is 4.90. The SMILES string of the molecule is COc1ccc(CSc2nnc3c4ccccc4n(Cc4ccc(C)cc4)c3n2)cc1. The number of aromatic nitrogens is 4. The molecule has 6 heteroatoms. The van der Waals surface area contributed by atoms with Gasteiger partial charge in [-0.15, -0.1) is 10.2 Å². The first-order chi connectivity index (χ1) is 15.2. The number of hydrogen-bond donors (Lipinski definition) is 0. The first-order valence-electron chi connectivity index (χ1n) is 10.1. The summed E-state index contributed by atoms with van der Waals surface area (Å²) < 4.78 is 7.47. The lowest BCUT2D eigenvalue weighted by molar-refractivity contribution is 0.414. The Hall–Kier alpha value is -3.38. The Morgan fingerprint density at radius 2 is 1.61 bits per heavy atom. The molecule has 0 spiro atoms. The first kappa shape index (κ1) is 19.6. The highest BCUT2D eigenvalue weighted by Crippen LogP contribution is 2.29. The van der Waals surface area contributed by atoms with E-state index in [-0.39, 0.29) is 0 Å². The summed E-state index contributed by atoms with van der Waals surface area (Å²) in [6, 6.07) is 25.0. The maximum absolute atomic E-state index is 5.23. The maximum Gasteiger partial charge on any atom is 0.211 e. The smallest absolute Gasteiger partial charge is 0.211 e. The monoisotopic (exact) mass is 426 g/mol. The third-order valence-corrected chi connectivity index (χ3v) is 6.25. The van der Waals surface area contributed by atoms with Gasteiger partial charge < -0.3 is 9.30 Å². The highest BCUT2D eigenvalue weighted by molar-refractivity contribution is 7.98. The highest BCUT2D eigenvalue weighted by Gasteiger charge is 2.15. The molecule has 3 aromatic carbocycles. The zero-order valence-electron chi connectivity index (χ0n) is 17.4. The summed E-state index contributed by atoms with van der Waals surface area (Å²) in [7, 11) is 1.67. The van der Waals surface area contributed by atoms with Crippen molar-refractivity contribution in [2.45, 2.75) is 24.4 Å². The fourth-order valence-corrected chi connectivity index (χ4v) is 4.39. The van der Waals surface area contributed by atoms with E-state index in [0.29, 0.717) is 5.16 Å². The molecule has 0 atom stereocenters. The second-order valence-corrected chi connectivity index (χ2v) is 8.43. The lowest BCUT2D eigenvalue weighted by Gasteiger charge is -2.08. The summed E-state index contributed by atoms with van der Waals surface area (Å²) in [5.41, 5.74) is 6.52. The molecule has 2 heterocycles. The molecule has 5 rings (SSSR count). The molecule has 154 valence electrons. The zero-order chi connectivity index (χ0) is 21.2. The fourth-order valence-electron chi connectivity index (χ4n) is 3.66. The molecule has 0 radical (unpaired) electrons. The molecule has 0 saturated heterocycles. The molecule has 0 aliphatic heterocycles. The summed E-state index contributed by atoms with van der Waals surface area (Å²) in [6.45, 7) is 2.85. The van der Waals surface area contributed by atoms with Gasteiger partial charge in [0.05, 0.1) is 12.6 Å². The van der Waals surface area contributed by atoms with Gasteiger partial charge in [0.25, 0.3) is 0 Å². The molecule has 0 saturated carbocycles. The first-order valence-corrected chi connectivity index (χ1v) is 11.1. The number of methoxy groups -OCH3 is 1. The van der Waals surface area contributed by atoms with Crippen LogP contribution in [0.15, 0.2) is 78.0 Å². The van der Waals surface area contributed by atoms with Crippen LogP contribution >= 0.6 is 11.8 Å².